The van der Waals surface area contributed by atoms with Crippen molar-refractivity contribution in [3.63, 3.8) is 0 Å². The lowest BCUT2D eigenvalue weighted by atomic mass is 10.1. The molecule has 1 saturated heterocycles. The fourth-order valence-electron chi connectivity index (χ4n) is 4.65. The van der Waals surface area contributed by atoms with Crippen molar-refractivity contribution in [3.05, 3.63) is 96.7 Å². The molecule has 0 unspecified atom stereocenters. The van der Waals surface area contributed by atoms with Crippen LogP contribution in [0.4, 0.5) is 21.8 Å². The SMILES string of the molecule is CN1CCN(c2ncnc3cc(Nc4nccc(-c5ccc(F)cc5OCc5ccccc5)n4)ccc23)CC1. The van der Waals surface area contributed by atoms with Crippen molar-refractivity contribution in [1.82, 2.24) is 24.8 Å². The van der Waals surface area contributed by atoms with Crippen LogP contribution in [-0.2, 0) is 6.61 Å². The maximum absolute atomic E-state index is 14.1. The minimum atomic E-state index is -0.372. The Kier molecular flexibility index (Phi) is 6.97. The lowest BCUT2D eigenvalue weighted by Gasteiger charge is -2.33. The van der Waals surface area contributed by atoms with E-state index in [-0.39, 0.29) is 5.82 Å². The van der Waals surface area contributed by atoms with Gasteiger partial charge in [-0.05, 0) is 49.0 Å². The summed E-state index contributed by atoms with van der Waals surface area (Å²) >= 11 is 0. The Morgan fingerprint density at radius 1 is 0.897 bits per heavy atom. The minimum absolute atomic E-state index is 0.322. The number of nitrogens with one attached hydrogen (secondary N) is 1. The number of fused-ring (bicyclic) bond motifs is 1. The second kappa shape index (κ2) is 11.0. The fourth-order valence-corrected chi connectivity index (χ4v) is 4.65. The standard InChI is InChI=1S/C30H28FN7O/c1-37-13-15-38(16-14-37)29-25-10-8-23(18-27(25)33-20-34-29)35-30-32-12-11-26(36-30)24-9-7-22(31)17-28(24)39-19-21-5-3-2-4-6-21/h2-12,17-18,20H,13-16,19H2,1H3,(H,32,35,36). The van der Waals surface area contributed by atoms with Crippen LogP contribution < -0.4 is 15.0 Å². The van der Waals surface area contributed by atoms with Crippen molar-refractivity contribution in [1.29, 1.82) is 0 Å². The summed E-state index contributed by atoms with van der Waals surface area (Å²) in [5.41, 5.74) is 3.95. The number of hydrogen-bond acceptors (Lipinski definition) is 8. The first-order valence-electron chi connectivity index (χ1n) is 12.9. The largest absolute Gasteiger partial charge is 0.488 e. The molecule has 0 atom stereocenters. The van der Waals surface area contributed by atoms with Crippen molar-refractivity contribution in [2.45, 2.75) is 6.61 Å². The molecule has 0 amide bonds. The smallest absolute Gasteiger partial charge is 0.227 e. The van der Waals surface area contributed by atoms with Crippen LogP contribution in [0.15, 0.2) is 85.3 Å². The van der Waals surface area contributed by atoms with Crippen molar-refractivity contribution in [2.24, 2.45) is 0 Å². The van der Waals surface area contributed by atoms with Gasteiger partial charge in [0.1, 0.15) is 30.3 Å². The Morgan fingerprint density at radius 3 is 2.59 bits per heavy atom. The minimum Gasteiger partial charge on any atom is -0.488 e. The van der Waals surface area contributed by atoms with Gasteiger partial charge >= 0.3 is 0 Å². The molecule has 196 valence electrons. The summed E-state index contributed by atoms with van der Waals surface area (Å²) in [6.07, 6.45) is 3.28. The number of hydrogen-bond donors (Lipinski definition) is 1. The summed E-state index contributed by atoms with van der Waals surface area (Å²) in [6.45, 7) is 4.20. The van der Waals surface area contributed by atoms with Gasteiger partial charge in [-0.2, -0.15) is 0 Å². The van der Waals surface area contributed by atoms with Crippen LogP contribution in [0.3, 0.4) is 0 Å². The zero-order chi connectivity index (χ0) is 26.6. The van der Waals surface area contributed by atoms with Gasteiger partial charge in [0, 0.05) is 55.1 Å². The summed E-state index contributed by atoms with van der Waals surface area (Å²) in [5.74, 6) is 1.42. The molecule has 0 bridgehead atoms. The van der Waals surface area contributed by atoms with Crippen LogP contribution in [0.5, 0.6) is 5.75 Å². The van der Waals surface area contributed by atoms with E-state index >= 15 is 0 Å². The Labute approximate surface area is 226 Å². The number of aromatic nitrogens is 4. The molecule has 0 aliphatic carbocycles. The van der Waals surface area contributed by atoms with E-state index in [1.807, 2.05) is 48.5 Å². The van der Waals surface area contributed by atoms with E-state index in [0.717, 1.165) is 54.2 Å². The van der Waals surface area contributed by atoms with Gasteiger partial charge in [-0.1, -0.05) is 30.3 Å². The number of ether oxygens (including phenoxy) is 1. The molecule has 6 rings (SSSR count). The van der Waals surface area contributed by atoms with Crippen molar-refractivity contribution >= 4 is 28.4 Å². The van der Waals surface area contributed by atoms with Gasteiger partial charge in [-0.3, -0.25) is 0 Å². The molecule has 0 saturated carbocycles. The third kappa shape index (κ3) is 5.63. The summed E-state index contributed by atoms with van der Waals surface area (Å²) in [6, 6.07) is 22.0. The van der Waals surface area contributed by atoms with Gasteiger partial charge in [0.25, 0.3) is 0 Å². The van der Waals surface area contributed by atoms with Crippen LogP contribution in [0, 0.1) is 5.82 Å². The monoisotopic (exact) mass is 521 g/mol. The first kappa shape index (κ1) is 24.7. The molecule has 1 aliphatic rings. The summed E-state index contributed by atoms with van der Waals surface area (Å²) in [4.78, 5) is 22.8. The maximum atomic E-state index is 14.1. The van der Waals surface area contributed by atoms with Crippen molar-refractivity contribution in [2.75, 3.05) is 43.4 Å². The summed E-state index contributed by atoms with van der Waals surface area (Å²) in [7, 11) is 2.14. The molecule has 0 radical (unpaired) electrons. The quantitative estimate of drug-likeness (QED) is 0.309. The van der Waals surface area contributed by atoms with E-state index in [2.05, 4.69) is 37.1 Å². The zero-order valence-corrected chi connectivity index (χ0v) is 21.6. The number of likely N-dealkylation sites (N-methyl/N-ethyl adjacent to an activating group) is 1. The van der Waals surface area contributed by atoms with E-state index in [0.29, 0.717) is 29.6 Å². The van der Waals surface area contributed by atoms with Crippen LogP contribution in [-0.4, -0.2) is 58.1 Å². The van der Waals surface area contributed by atoms with Gasteiger partial charge in [0.15, 0.2) is 0 Å². The number of piperazine rings is 1. The molecule has 1 aliphatic heterocycles. The third-order valence-corrected chi connectivity index (χ3v) is 6.79. The van der Waals surface area contributed by atoms with E-state index in [1.165, 1.54) is 12.1 Å². The molecule has 2 aromatic heterocycles. The van der Waals surface area contributed by atoms with E-state index in [9.17, 15) is 4.39 Å². The second-order valence-corrected chi connectivity index (χ2v) is 9.52. The number of benzene rings is 3. The average Bonchev–Trinajstić information content (AvgIpc) is 2.97. The number of anilines is 3. The van der Waals surface area contributed by atoms with E-state index in [4.69, 9.17) is 9.72 Å². The predicted octanol–water partition coefficient (Wildman–Crippen LogP) is 5.30. The molecule has 3 heterocycles. The third-order valence-electron chi connectivity index (χ3n) is 6.79. The molecule has 1 N–H and O–H groups in total. The topological polar surface area (TPSA) is 79.3 Å². The fraction of sp³-hybridized carbons (Fsp3) is 0.200. The Hall–Kier alpha value is -4.63. The molecule has 0 spiro atoms. The molecule has 3 aromatic carbocycles. The average molecular weight is 522 g/mol. The molecule has 9 heteroatoms. The van der Waals surface area contributed by atoms with Gasteiger partial charge < -0.3 is 19.9 Å². The molecule has 8 nitrogen and oxygen atoms in total. The first-order valence-corrected chi connectivity index (χ1v) is 12.9. The predicted molar refractivity (Wildman–Crippen MR) is 151 cm³/mol. The van der Waals surface area contributed by atoms with Crippen molar-refractivity contribution in [3.8, 4) is 17.0 Å². The molecular formula is C30H28FN7O. The number of halogens is 1. The van der Waals surface area contributed by atoms with Crippen LogP contribution in [0.1, 0.15) is 5.56 Å². The van der Waals surface area contributed by atoms with E-state index < -0.39 is 0 Å². The lowest BCUT2D eigenvalue weighted by Crippen LogP contribution is -2.44. The zero-order valence-electron chi connectivity index (χ0n) is 21.6. The van der Waals surface area contributed by atoms with Gasteiger partial charge in [0.05, 0.1) is 11.2 Å². The van der Waals surface area contributed by atoms with Crippen LogP contribution >= 0.6 is 0 Å². The number of nitrogens with zero attached hydrogens (tertiary/aromatic N) is 6. The maximum Gasteiger partial charge on any atom is 0.227 e. The van der Waals surface area contributed by atoms with E-state index in [1.54, 1.807) is 24.7 Å². The Morgan fingerprint density at radius 2 is 1.74 bits per heavy atom. The molecule has 39 heavy (non-hydrogen) atoms. The van der Waals surface area contributed by atoms with Crippen LogP contribution in [0.25, 0.3) is 22.2 Å². The Balaban J connectivity index is 1.24. The lowest BCUT2D eigenvalue weighted by molar-refractivity contribution is 0.306. The molecule has 5 aromatic rings. The highest BCUT2D eigenvalue weighted by Crippen LogP contribution is 2.31. The first-order chi connectivity index (χ1) is 19.1. The van der Waals surface area contributed by atoms with Crippen molar-refractivity contribution < 1.29 is 9.13 Å². The van der Waals surface area contributed by atoms with Gasteiger partial charge in [-0.25, -0.2) is 24.3 Å². The number of rotatable bonds is 7. The highest BCUT2D eigenvalue weighted by molar-refractivity contribution is 5.91. The van der Waals surface area contributed by atoms with Gasteiger partial charge in [0.2, 0.25) is 5.95 Å². The highest BCUT2D eigenvalue weighted by Gasteiger charge is 2.18. The highest BCUT2D eigenvalue weighted by atomic mass is 19.1. The molecular weight excluding hydrogens is 493 g/mol. The van der Waals surface area contributed by atoms with Gasteiger partial charge in [-0.15, -0.1) is 0 Å². The normalized spacial score (nSPS) is 13.9. The molecule has 1 fully saturated rings. The van der Waals surface area contributed by atoms with Crippen LogP contribution in [0.2, 0.25) is 0 Å². The summed E-state index contributed by atoms with van der Waals surface area (Å²) < 4.78 is 20.1. The Bertz CT molecular complexity index is 1590. The second-order valence-electron chi connectivity index (χ2n) is 9.52. The summed E-state index contributed by atoms with van der Waals surface area (Å²) in [5, 5.41) is 4.29.